The molecule has 0 aliphatic heterocycles. The zero-order valence-corrected chi connectivity index (χ0v) is 15.0. The number of rotatable bonds is 8. The second kappa shape index (κ2) is 8.17. The lowest BCUT2D eigenvalue weighted by atomic mass is 9.89. The number of Topliss-reactive ketones (excluding diaryl/α,β-unsaturated/α-hetero) is 1. The van der Waals surface area contributed by atoms with Crippen molar-refractivity contribution >= 4 is 11.5 Å². The molecule has 0 fully saturated rings. The van der Waals surface area contributed by atoms with E-state index in [-0.39, 0.29) is 17.7 Å². The number of carbonyl (C=O) groups is 1. The van der Waals surface area contributed by atoms with E-state index in [1.54, 1.807) is 0 Å². The third-order valence-electron chi connectivity index (χ3n) is 4.34. The van der Waals surface area contributed by atoms with Crippen molar-refractivity contribution in [3.05, 3.63) is 41.5 Å². The Hall–Kier alpha value is -1.57. The SMILES string of the molecule is C=C(N[C@H](C)C(=O)C(C)C)c1cccc(C(C)CCC)c1C. The summed E-state index contributed by atoms with van der Waals surface area (Å²) in [6.07, 6.45) is 2.37. The predicted molar refractivity (Wildman–Crippen MR) is 96.0 cm³/mol. The van der Waals surface area contributed by atoms with Crippen LogP contribution < -0.4 is 5.32 Å². The maximum atomic E-state index is 12.1. The van der Waals surface area contributed by atoms with Gasteiger partial charge < -0.3 is 5.32 Å². The Balaban J connectivity index is 2.95. The molecular weight excluding hydrogens is 270 g/mol. The molecule has 2 heteroatoms. The molecular formula is C20H31NO. The minimum Gasteiger partial charge on any atom is -0.376 e. The Morgan fingerprint density at radius 2 is 1.86 bits per heavy atom. The van der Waals surface area contributed by atoms with E-state index in [0.29, 0.717) is 5.92 Å². The van der Waals surface area contributed by atoms with Gasteiger partial charge in [0.1, 0.15) is 0 Å². The average Bonchev–Trinajstić information content (AvgIpc) is 2.46. The van der Waals surface area contributed by atoms with Crippen LogP contribution in [-0.2, 0) is 4.79 Å². The van der Waals surface area contributed by atoms with E-state index in [0.717, 1.165) is 11.3 Å². The van der Waals surface area contributed by atoms with E-state index in [1.807, 2.05) is 20.8 Å². The third kappa shape index (κ3) is 4.46. The second-order valence-electron chi connectivity index (χ2n) is 6.61. The lowest BCUT2D eigenvalue weighted by Crippen LogP contribution is -2.35. The van der Waals surface area contributed by atoms with E-state index in [1.165, 1.54) is 24.0 Å². The smallest absolute Gasteiger partial charge is 0.157 e. The first-order valence-electron chi connectivity index (χ1n) is 8.38. The van der Waals surface area contributed by atoms with Gasteiger partial charge in [-0.2, -0.15) is 0 Å². The largest absolute Gasteiger partial charge is 0.376 e. The predicted octanol–water partition coefficient (Wildman–Crippen LogP) is 5.07. The molecule has 2 nitrogen and oxygen atoms in total. The van der Waals surface area contributed by atoms with Crippen molar-refractivity contribution in [2.75, 3.05) is 0 Å². The van der Waals surface area contributed by atoms with E-state index in [2.05, 4.69) is 50.9 Å². The highest BCUT2D eigenvalue weighted by molar-refractivity contribution is 5.87. The summed E-state index contributed by atoms with van der Waals surface area (Å²) in [5.41, 5.74) is 4.60. The molecule has 0 bridgehead atoms. The van der Waals surface area contributed by atoms with Crippen LogP contribution >= 0.6 is 0 Å². The van der Waals surface area contributed by atoms with E-state index in [9.17, 15) is 4.79 Å². The number of ketones is 1. The number of nitrogens with one attached hydrogen (secondary N) is 1. The van der Waals surface area contributed by atoms with Crippen LogP contribution in [0.3, 0.4) is 0 Å². The topological polar surface area (TPSA) is 29.1 Å². The maximum Gasteiger partial charge on any atom is 0.157 e. The summed E-state index contributed by atoms with van der Waals surface area (Å²) in [7, 11) is 0. The van der Waals surface area contributed by atoms with E-state index in [4.69, 9.17) is 0 Å². The summed E-state index contributed by atoms with van der Waals surface area (Å²) in [4.78, 5) is 12.1. The molecule has 0 radical (unpaired) electrons. The van der Waals surface area contributed by atoms with Crippen LogP contribution in [0, 0.1) is 12.8 Å². The molecule has 0 aromatic heterocycles. The lowest BCUT2D eigenvalue weighted by Gasteiger charge is -2.22. The Bertz CT molecular complexity index is 531. The Morgan fingerprint density at radius 3 is 2.41 bits per heavy atom. The van der Waals surface area contributed by atoms with Crippen molar-refractivity contribution in [2.45, 2.75) is 66.3 Å². The zero-order valence-electron chi connectivity index (χ0n) is 15.0. The van der Waals surface area contributed by atoms with Crippen LogP contribution in [0.4, 0.5) is 0 Å². The molecule has 1 unspecified atom stereocenters. The highest BCUT2D eigenvalue weighted by Crippen LogP contribution is 2.28. The normalized spacial score (nSPS) is 13.8. The molecule has 0 heterocycles. The van der Waals surface area contributed by atoms with Gasteiger partial charge in [0, 0.05) is 17.2 Å². The Morgan fingerprint density at radius 1 is 1.23 bits per heavy atom. The first kappa shape index (κ1) is 18.5. The molecule has 2 atom stereocenters. The summed E-state index contributed by atoms with van der Waals surface area (Å²) in [6.45, 7) is 16.6. The molecule has 122 valence electrons. The van der Waals surface area contributed by atoms with Crippen molar-refractivity contribution in [1.82, 2.24) is 5.32 Å². The number of hydrogen-bond donors (Lipinski definition) is 1. The molecule has 1 aromatic carbocycles. The lowest BCUT2D eigenvalue weighted by molar-refractivity contribution is -0.123. The van der Waals surface area contributed by atoms with Gasteiger partial charge in [-0.05, 0) is 37.3 Å². The molecule has 0 aliphatic carbocycles. The molecule has 1 N–H and O–H groups in total. The molecule has 0 saturated heterocycles. The van der Waals surface area contributed by atoms with Gasteiger partial charge in [0.15, 0.2) is 5.78 Å². The highest BCUT2D eigenvalue weighted by atomic mass is 16.1. The van der Waals surface area contributed by atoms with Crippen LogP contribution in [-0.4, -0.2) is 11.8 Å². The van der Waals surface area contributed by atoms with Gasteiger partial charge in [-0.3, -0.25) is 4.79 Å². The molecule has 0 amide bonds. The van der Waals surface area contributed by atoms with Crippen LogP contribution in [0.15, 0.2) is 24.8 Å². The van der Waals surface area contributed by atoms with Gasteiger partial charge in [-0.25, -0.2) is 0 Å². The van der Waals surface area contributed by atoms with Crippen molar-refractivity contribution in [2.24, 2.45) is 5.92 Å². The first-order valence-corrected chi connectivity index (χ1v) is 8.38. The van der Waals surface area contributed by atoms with Crippen molar-refractivity contribution < 1.29 is 4.79 Å². The summed E-state index contributed by atoms with van der Waals surface area (Å²) < 4.78 is 0. The van der Waals surface area contributed by atoms with Gasteiger partial charge in [0.2, 0.25) is 0 Å². The molecule has 0 aliphatic rings. The van der Waals surface area contributed by atoms with Crippen molar-refractivity contribution in [3.8, 4) is 0 Å². The van der Waals surface area contributed by atoms with Gasteiger partial charge in [0.25, 0.3) is 0 Å². The van der Waals surface area contributed by atoms with Crippen molar-refractivity contribution in [3.63, 3.8) is 0 Å². The quantitative estimate of drug-likeness (QED) is 0.726. The molecule has 1 rings (SSSR count). The summed E-state index contributed by atoms with van der Waals surface area (Å²) in [5, 5.41) is 3.27. The fraction of sp³-hybridized carbons (Fsp3) is 0.550. The Labute approximate surface area is 136 Å². The second-order valence-corrected chi connectivity index (χ2v) is 6.61. The van der Waals surface area contributed by atoms with Gasteiger partial charge in [0.05, 0.1) is 6.04 Å². The number of benzene rings is 1. The molecule has 1 aromatic rings. The maximum absolute atomic E-state index is 12.1. The summed E-state index contributed by atoms with van der Waals surface area (Å²) >= 11 is 0. The van der Waals surface area contributed by atoms with Crippen LogP contribution in [0.1, 0.15) is 70.1 Å². The van der Waals surface area contributed by atoms with Crippen molar-refractivity contribution in [1.29, 1.82) is 0 Å². The van der Waals surface area contributed by atoms with Crippen LogP contribution in [0.2, 0.25) is 0 Å². The van der Waals surface area contributed by atoms with Gasteiger partial charge >= 0.3 is 0 Å². The van der Waals surface area contributed by atoms with E-state index >= 15 is 0 Å². The van der Waals surface area contributed by atoms with Crippen LogP contribution in [0.25, 0.3) is 5.70 Å². The molecule has 0 saturated carbocycles. The highest BCUT2D eigenvalue weighted by Gasteiger charge is 2.18. The van der Waals surface area contributed by atoms with E-state index < -0.39 is 0 Å². The summed E-state index contributed by atoms with van der Waals surface area (Å²) in [5.74, 6) is 0.800. The Kier molecular flexibility index (Phi) is 6.86. The minimum atomic E-state index is -0.205. The van der Waals surface area contributed by atoms with Crippen LogP contribution in [0.5, 0.6) is 0 Å². The standard InChI is InChI=1S/C20H31NO/c1-8-10-14(4)18-11-9-12-19(15(18)5)16(6)21-17(7)20(22)13(2)3/h9,11-14,17,21H,6,8,10H2,1-5,7H3/t14?,17-/m1/s1. The first-order chi connectivity index (χ1) is 10.3. The zero-order chi connectivity index (χ0) is 16.9. The number of carbonyl (C=O) groups excluding carboxylic acids is 1. The fourth-order valence-electron chi connectivity index (χ4n) is 3.01. The fourth-order valence-corrected chi connectivity index (χ4v) is 3.01. The number of hydrogen-bond acceptors (Lipinski definition) is 2. The minimum absolute atomic E-state index is 0.0345. The summed E-state index contributed by atoms with van der Waals surface area (Å²) in [6, 6.07) is 6.17. The monoisotopic (exact) mass is 301 g/mol. The third-order valence-corrected chi connectivity index (χ3v) is 4.34. The van der Waals surface area contributed by atoms with Gasteiger partial charge in [-0.1, -0.05) is 58.9 Å². The average molecular weight is 301 g/mol. The molecule has 0 spiro atoms. The van der Waals surface area contributed by atoms with Gasteiger partial charge in [-0.15, -0.1) is 0 Å². The molecule has 22 heavy (non-hydrogen) atoms.